The van der Waals surface area contributed by atoms with Gasteiger partial charge < -0.3 is 4.90 Å². The fourth-order valence-electron chi connectivity index (χ4n) is 2.20. The molecular formula is C17H19N3O3. The van der Waals surface area contributed by atoms with E-state index in [0.29, 0.717) is 13.1 Å². The first-order chi connectivity index (χ1) is 11.1. The highest BCUT2D eigenvalue weighted by molar-refractivity contribution is 5.76. The summed E-state index contributed by atoms with van der Waals surface area (Å²) >= 11 is 0. The van der Waals surface area contributed by atoms with E-state index < -0.39 is 11.2 Å². The summed E-state index contributed by atoms with van der Waals surface area (Å²) in [6.45, 7) is 4.49. The summed E-state index contributed by atoms with van der Waals surface area (Å²) in [5.74, 6) is -0.199. The molecule has 1 N–H and O–H groups in total. The minimum Gasteiger partial charge on any atom is -0.337 e. The van der Waals surface area contributed by atoms with Crippen molar-refractivity contribution < 1.29 is 4.79 Å². The van der Waals surface area contributed by atoms with Crippen molar-refractivity contribution >= 4 is 5.91 Å². The molecule has 2 aromatic rings. The van der Waals surface area contributed by atoms with Crippen LogP contribution in [0, 0.1) is 0 Å². The molecule has 1 amide bonds. The van der Waals surface area contributed by atoms with Crippen LogP contribution in [0.5, 0.6) is 0 Å². The number of hydrogen-bond donors (Lipinski definition) is 1. The van der Waals surface area contributed by atoms with E-state index in [9.17, 15) is 14.4 Å². The molecular weight excluding hydrogens is 294 g/mol. The van der Waals surface area contributed by atoms with Crippen molar-refractivity contribution in [3.8, 4) is 0 Å². The van der Waals surface area contributed by atoms with Gasteiger partial charge in [0.05, 0.1) is 0 Å². The maximum absolute atomic E-state index is 12.4. The Bertz CT molecular complexity index is 777. The molecule has 0 atom stereocenters. The van der Waals surface area contributed by atoms with Gasteiger partial charge >= 0.3 is 5.69 Å². The molecule has 0 bridgehead atoms. The van der Waals surface area contributed by atoms with Crippen LogP contribution in [-0.2, 0) is 17.8 Å². The third kappa shape index (κ3) is 4.81. The summed E-state index contributed by atoms with van der Waals surface area (Å²) in [6, 6.07) is 11.1. The second-order valence-electron chi connectivity index (χ2n) is 5.10. The summed E-state index contributed by atoms with van der Waals surface area (Å²) in [6.07, 6.45) is 3.70. The normalized spacial score (nSPS) is 10.3. The van der Waals surface area contributed by atoms with E-state index >= 15 is 0 Å². The second kappa shape index (κ2) is 7.93. The molecule has 0 saturated heterocycles. The van der Waals surface area contributed by atoms with Crippen molar-refractivity contribution in [2.24, 2.45) is 0 Å². The molecule has 23 heavy (non-hydrogen) atoms. The largest absolute Gasteiger partial charge is 0.337 e. The Labute approximate surface area is 133 Å². The zero-order chi connectivity index (χ0) is 16.7. The van der Waals surface area contributed by atoms with Gasteiger partial charge in [-0.2, -0.15) is 0 Å². The summed E-state index contributed by atoms with van der Waals surface area (Å²) in [7, 11) is 0. The van der Waals surface area contributed by atoms with Crippen molar-refractivity contribution in [2.75, 3.05) is 13.1 Å². The Kier molecular flexibility index (Phi) is 5.68. The first-order valence-corrected chi connectivity index (χ1v) is 7.32. The fraction of sp³-hybridized carbons (Fsp3) is 0.235. The quantitative estimate of drug-likeness (QED) is 0.768. The molecule has 0 aliphatic rings. The maximum Gasteiger partial charge on any atom is 0.328 e. The number of H-pyrrole nitrogens is 1. The zero-order valence-corrected chi connectivity index (χ0v) is 12.8. The number of rotatable bonds is 7. The van der Waals surface area contributed by atoms with Gasteiger partial charge in [-0.3, -0.25) is 19.1 Å². The highest BCUT2D eigenvalue weighted by atomic mass is 16.2. The van der Waals surface area contributed by atoms with Gasteiger partial charge in [-0.1, -0.05) is 36.4 Å². The van der Waals surface area contributed by atoms with Crippen LogP contribution in [0.25, 0.3) is 0 Å². The molecule has 0 aliphatic carbocycles. The van der Waals surface area contributed by atoms with Crippen molar-refractivity contribution in [1.29, 1.82) is 0 Å². The second-order valence-corrected chi connectivity index (χ2v) is 5.10. The average molecular weight is 313 g/mol. The molecule has 1 aromatic carbocycles. The third-order valence-electron chi connectivity index (χ3n) is 3.42. The Morgan fingerprint density at radius 1 is 1.22 bits per heavy atom. The molecule has 1 heterocycles. The lowest BCUT2D eigenvalue weighted by molar-refractivity contribution is -0.131. The van der Waals surface area contributed by atoms with Crippen molar-refractivity contribution in [3.63, 3.8) is 0 Å². The number of hydrogen-bond acceptors (Lipinski definition) is 3. The van der Waals surface area contributed by atoms with Crippen molar-refractivity contribution in [1.82, 2.24) is 14.5 Å². The van der Waals surface area contributed by atoms with Crippen LogP contribution in [0.3, 0.4) is 0 Å². The summed E-state index contributed by atoms with van der Waals surface area (Å²) in [5.41, 5.74) is 0.0637. The third-order valence-corrected chi connectivity index (χ3v) is 3.42. The number of carbonyl (C=O) groups is 1. The maximum atomic E-state index is 12.4. The molecule has 2 rings (SSSR count). The molecule has 120 valence electrons. The van der Waals surface area contributed by atoms with Gasteiger partial charge in [-0.15, -0.1) is 6.58 Å². The van der Waals surface area contributed by atoms with E-state index in [1.807, 2.05) is 30.3 Å². The number of benzene rings is 1. The smallest absolute Gasteiger partial charge is 0.328 e. The molecule has 6 heteroatoms. The monoisotopic (exact) mass is 313 g/mol. The van der Waals surface area contributed by atoms with E-state index in [4.69, 9.17) is 0 Å². The Morgan fingerprint density at radius 3 is 2.61 bits per heavy atom. The van der Waals surface area contributed by atoms with Gasteiger partial charge in [0.2, 0.25) is 5.91 Å². The lowest BCUT2D eigenvalue weighted by Crippen LogP contribution is -2.39. The summed E-state index contributed by atoms with van der Waals surface area (Å²) < 4.78 is 1.18. The SMILES string of the molecule is C=CCN(CCc1ccccc1)C(=O)Cn1ccc(=O)[nH]c1=O. The Balaban J connectivity index is 2.04. The van der Waals surface area contributed by atoms with Crippen LogP contribution in [0.1, 0.15) is 5.56 Å². The average Bonchev–Trinajstić information content (AvgIpc) is 2.55. The van der Waals surface area contributed by atoms with Crippen LogP contribution in [0.2, 0.25) is 0 Å². The van der Waals surface area contributed by atoms with Gasteiger partial charge in [0.15, 0.2) is 0 Å². The molecule has 0 fully saturated rings. The molecule has 6 nitrogen and oxygen atoms in total. The fourth-order valence-corrected chi connectivity index (χ4v) is 2.20. The Hall–Kier alpha value is -2.89. The van der Waals surface area contributed by atoms with Crippen LogP contribution in [0.15, 0.2) is 64.8 Å². The standard InChI is InChI=1S/C17H19N3O3/c1-2-10-19(11-8-14-6-4-3-5-7-14)16(22)13-20-12-9-15(21)18-17(20)23/h2-7,9,12H,1,8,10-11,13H2,(H,18,21,23). The number of carbonyl (C=O) groups excluding carboxylic acids is 1. The van der Waals surface area contributed by atoms with Gasteiger partial charge in [0.25, 0.3) is 5.56 Å². The zero-order valence-electron chi connectivity index (χ0n) is 12.8. The summed E-state index contributed by atoms with van der Waals surface area (Å²) in [4.78, 5) is 38.9. The van der Waals surface area contributed by atoms with E-state index in [-0.39, 0.29) is 12.5 Å². The van der Waals surface area contributed by atoms with Crippen molar-refractivity contribution in [3.05, 3.63) is 81.7 Å². The molecule has 0 aliphatic heterocycles. The van der Waals surface area contributed by atoms with E-state index in [2.05, 4.69) is 11.6 Å². The van der Waals surface area contributed by atoms with E-state index in [1.54, 1.807) is 11.0 Å². The number of nitrogens with zero attached hydrogens (tertiary/aromatic N) is 2. The number of aromatic amines is 1. The topological polar surface area (TPSA) is 75.2 Å². The van der Waals surface area contributed by atoms with Crippen LogP contribution < -0.4 is 11.2 Å². The van der Waals surface area contributed by atoms with Gasteiger partial charge in [0.1, 0.15) is 6.54 Å². The first kappa shape index (κ1) is 16.5. The molecule has 0 unspecified atom stereocenters. The van der Waals surface area contributed by atoms with Gasteiger partial charge in [-0.05, 0) is 12.0 Å². The summed E-state index contributed by atoms with van der Waals surface area (Å²) in [5, 5.41) is 0. The highest BCUT2D eigenvalue weighted by Gasteiger charge is 2.13. The predicted molar refractivity (Wildman–Crippen MR) is 88.2 cm³/mol. The highest BCUT2D eigenvalue weighted by Crippen LogP contribution is 2.02. The van der Waals surface area contributed by atoms with E-state index in [1.165, 1.54) is 16.8 Å². The van der Waals surface area contributed by atoms with Crippen LogP contribution >= 0.6 is 0 Å². The first-order valence-electron chi connectivity index (χ1n) is 7.32. The number of amides is 1. The van der Waals surface area contributed by atoms with Gasteiger partial charge in [-0.25, -0.2) is 4.79 Å². The molecule has 0 spiro atoms. The molecule has 0 saturated carbocycles. The van der Waals surface area contributed by atoms with Crippen molar-refractivity contribution in [2.45, 2.75) is 13.0 Å². The number of aromatic nitrogens is 2. The minimum atomic E-state index is -0.590. The van der Waals surface area contributed by atoms with Crippen LogP contribution in [0.4, 0.5) is 0 Å². The minimum absolute atomic E-state index is 0.113. The Morgan fingerprint density at radius 2 is 1.96 bits per heavy atom. The van der Waals surface area contributed by atoms with Crippen LogP contribution in [-0.4, -0.2) is 33.4 Å². The lowest BCUT2D eigenvalue weighted by Gasteiger charge is -2.21. The number of nitrogens with one attached hydrogen (secondary N) is 1. The van der Waals surface area contributed by atoms with Gasteiger partial charge in [0, 0.05) is 25.4 Å². The molecule has 0 radical (unpaired) electrons. The predicted octanol–water partition coefficient (Wildman–Crippen LogP) is 0.794. The lowest BCUT2D eigenvalue weighted by atomic mass is 10.1. The van der Waals surface area contributed by atoms with E-state index in [0.717, 1.165) is 12.0 Å². The molecule has 1 aromatic heterocycles.